The molecule has 2 aromatic rings. The van der Waals surface area contributed by atoms with Crippen LogP contribution in [0.15, 0.2) is 17.8 Å². The standard InChI is InChI=1S/C12H16N4S/c13-8-3-1-2-4-9(8)16-12-11-10(5-6-17-11)14-7-15-12/h5-9H,1-4,13H2,(H,14,15,16). The number of anilines is 1. The minimum Gasteiger partial charge on any atom is -0.364 e. The SMILES string of the molecule is NC1CCCCC1Nc1ncnc2ccsc12. The molecule has 2 unspecified atom stereocenters. The molecule has 0 bridgehead atoms. The zero-order chi connectivity index (χ0) is 11.7. The van der Waals surface area contributed by atoms with Crippen molar-refractivity contribution < 1.29 is 0 Å². The van der Waals surface area contributed by atoms with Gasteiger partial charge in [-0.1, -0.05) is 12.8 Å². The van der Waals surface area contributed by atoms with Crippen molar-refractivity contribution >= 4 is 27.4 Å². The Hall–Kier alpha value is -1.20. The van der Waals surface area contributed by atoms with Crippen LogP contribution in [-0.4, -0.2) is 22.1 Å². The van der Waals surface area contributed by atoms with E-state index in [2.05, 4.69) is 15.3 Å². The van der Waals surface area contributed by atoms with E-state index in [0.717, 1.165) is 28.9 Å². The summed E-state index contributed by atoms with van der Waals surface area (Å²) in [5.74, 6) is 0.937. The van der Waals surface area contributed by atoms with E-state index in [1.807, 2.05) is 11.4 Å². The van der Waals surface area contributed by atoms with Gasteiger partial charge < -0.3 is 11.1 Å². The Morgan fingerprint density at radius 1 is 1.29 bits per heavy atom. The molecule has 0 amide bonds. The second-order valence-electron chi connectivity index (χ2n) is 4.56. The van der Waals surface area contributed by atoms with E-state index in [-0.39, 0.29) is 6.04 Å². The van der Waals surface area contributed by atoms with Gasteiger partial charge in [-0.15, -0.1) is 11.3 Å². The molecule has 0 aliphatic heterocycles. The largest absolute Gasteiger partial charge is 0.364 e. The lowest BCUT2D eigenvalue weighted by Gasteiger charge is -2.29. The second-order valence-corrected chi connectivity index (χ2v) is 5.47. The zero-order valence-electron chi connectivity index (χ0n) is 9.60. The van der Waals surface area contributed by atoms with Crippen LogP contribution in [-0.2, 0) is 0 Å². The molecule has 2 aromatic heterocycles. The molecule has 0 spiro atoms. The maximum absolute atomic E-state index is 6.14. The molecule has 3 rings (SSSR count). The predicted octanol–water partition coefficient (Wildman–Crippen LogP) is 2.37. The van der Waals surface area contributed by atoms with Crippen LogP contribution in [0.3, 0.4) is 0 Å². The van der Waals surface area contributed by atoms with Crippen molar-refractivity contribution in [3.63, 3.8) is 0 Å². The van der Waals surface area contributed by atoms with Gasteiger partial charge >= 0.3 is 0 Å². The smallest absolute Gasteiger partial charge is 0.147 e. The van der Waals surface area contributed by atoms with Crippen LogP contribution in [0.4, 0.5) is 5.82 Å². The summed E-state index contributed by atoms with van der Waals surface area (Å²) >= 11 is 1.68. The molecule has 3 N–H and O–H groups in total. The zero-order valence-corrected chi connectivity index (χ0v) is 10.4. The highest BCUT2D eigenvalue weighted by atomic mass is 32.1. The van der Waals surface area contributed by atoms with Gasteiger partial charge in [0.2, 0.25) is 0 Å². The molecule has 1 aliphatic rings. The summed E-state index contributed by atoms with van der Waals surface area (Å²) in [5, 5.41) is 5.54. The fourth-order valence-electron chi connectivity index (χ4n) is 2.41. The van der Waals surface area contributed by atoms with Gasteiger partial charge in [-0.2, -0.15) is 0 Å². The van der Waals surface area contributed by atoms with Crippen LogP contribution in [0.5, 0.6) is 0 Å². The first-order valence-electron chi connectivity index (χ1n) is 6.05. The first-order chi connectivity index (χ1) is 8.34. The summed E-state index contributed by atoms with van der Waals surface area (Å²) in [6, 6.07) is 2.62. The summed E-state index contributed by atoms with van der Waals surface area (Å²) < 4.78 is 1.13. The predicted molar refractivity (Wildman–Crippen MR) is 71.3 cm³/mol. The topological polar surface area (TPSA) is 63.8 Å². The van der Waals surface area contributed by atoms with Gasteiger partial charge in [0.15, 0.2) is 0 Å². The van der Waals surface area contributed by atoms with Crippen molar-refractivity contribution in [2.45, 2.75) is 37.8 Å². The number of rotatable bonds is 2. The van der Waals surface area contributed by atoms with E-state index in [1.54, 1.807) is 17.7 Å². The lowest BCUT2D eigenvalue weighted by molar-refractivity contribution is 0.403. The number of hydrogen-bond donors (Lipinski definition) is 2. The highest BCUT2D eigenvalue weighted by Gasteiger charge is 2.22. The van der Waals surface area contributed by atoms with Gasteiger partial charge in [-0.25, -0.2) is 9.97 Å². The summed E-state index contributed by atoms with van der Waals surface area (Å²) in [6.45, 7) is 0. The first kappa shape index (κ1) is 10.9. The average molecular weight is 248 g/mol. The summed E-state index contributed by atoms with van der Waals surface area (Å²) in [4.78, 5) is 8.58. The van der Waals surface area contributed by atoms with Gasteiger partial charge in [0.25, 0.3) is 0 Å². The van der Waals surface area contributed by atoms with E-state index in [1.165, 1.54) is 12.8 Å². The third kappa shape index (κ3) is 2.12. The van der Waals surface area contributed by atoms with E-state index in [9.17, 15) is 0 Å². The number of nitrogens with zero attached hydrogens (tertiary/aromatic N) is 2. The van der Waals surface area contributed by atoms with Crippen molar-refractivity contribution in [3.05, 3.63) is 17.8 Å². The van der Waals surface area contributed by atoms with Crippen molar-refractivity contribution in [1.29, 1.82) is 0 Å². The van der Waals surface area contributed by atoms with Gasteiger partial charge in [-0.3, -0.25) is 0 Å². The first-order valence-corrected chi connectivity index (χ1v) is 6.93. The van der Waals surface area contributed by atoms with Crippen LogP contribution in [0.1, 0.15) is 25.7 Å². The highest BCUT2D eigenvalue weighted by Crippen LogP contribution is 2.27. The van der Waals surface area contributed by atoms with Crippen LogP contribution in [0.25, 0.3) is 10.2 Å². The maximum Gasteiger partial charge on any atom is 0.147 e. The van der Waals surface area contributed by atoms with Gasteiger partial charge in [0.05, 0.1) is 10.2 Å². The van der Waals surface area contributed by atoms with Crippen LogP contribution >= 0.6 is 11.3 Å². The Balaban J connectivity index is 1.86. The Bertz CT molecular complexity index is 510. The molecule has 0 aromatic carbocycles. The summed E-state index contributed by atoms with van der Waals surface area (Å²) in [5.41, 5.74) is 7.15. The van der Waals surface area contributed by atoms with Gasteiger partial charge in [0, 0.05) is 12.1 Å². The minimum atomic E-state index is 0.244. The summed E-state index contributed by atoms with van der Waals surface area (Å²) in [7, 11) is 0. The Kier molecular flexibility index (Phi) is 2.94. The molecule has 0 saturated heterocycles. The van der Waals surface area contributed by atoms with Crippen molar-refractivity contribution in [3.8, 4) is 0 Å². The molecule has 2 atom stereocenters. The molecule has 4 nitrogen and oxygen atoms in total. The van der Waals surface area contributed by atoms with E-state index < -0.39 is 0 Å². The fourth-order valence-corrected chi connectivity index (χ4v) is 3.20. The van der Waals surface area contributed by atoms with Crippen LogP contribution < -0.4 is 11.1 Å². The maximum atomic E-state index is 6.14. The lowest BCUT2D eigenvalue weighted by atomic mass is 9.91. The molecule has 2 heterocycles. The van der Waals surface area contributed by atoms with Crippen molar-refractivity contribution in [2.24, 2.45) is 5.73 Å². The fraction of sp³-hybridized carbons (Fsp3) is 0.500. The van der Waals surface area contributed by atoms with E-state index in [4.69, 9.17) is 5.73 Å². The third-order valence-corrected chi connectivity index (χ3v) is 4.30. The number of thiophene rings is 1. The Morgan fingerprint density at radius 2 is 2.18 bits per heavy atom. The molecule has 1 saturated carbocycles. The van der Waals surface area contributed by atoms with Crippen LogP contribution in [0.2, 0.25) is 0 Å². The molecule has 0 radical (unpaired) electrons. The van der Waals surface area contributed by atoms with E-state index >= 15 is 0 Å². The average Bonchev–Trinajstić information content (AvgIpc) is 2.81. The molecule has 1 fully saturated rings. The van der Waals surface area contributed by atoms with Crippen molar-refractivity contribution in [1.82, 2.24) is 9.97 Å². The molecular weight excluding hydrogens is 232 g/mol. The van der Waals surface area contributed by atoms with Gasteiger partial charge in [0.1, 0.15) is 12.1 Å². The molecular formula is C12H16N4S. The normalized spacial score (nSPS) is 25.0. The number of fused-ring (bicyclic) bond motifs is 1. The Morgan fingerprint density at radius 3 is 3.06 bits per heavy atom. The quantitative estimate of drug-likeness (QED) is 0.856. The molecule has 5 heteroatoms. The number of nitrogens with two attached hydrogens (primary N) is 1. The van der Waals surface area contributed by atoms with Crippen LogP contribution in [0, 0.1) is 0 Å². The van der Waals surface area contributed by atoms with Crippen molar-refractivity contribution in [2.75, 3.05) is 5.32 Å². The molecule has 90 valence electrons. The highest BCUT2D eigenvalue weighted by molar-refractivity contribution is 7.17. The molecule has 17 heavy (non-hydrogen) atoms. The van der Waals surface area contributed by atoms with E-state index in [0.29, 0.717) is 6.04 Å². The Labute approximate surface area is 104 Å². The van der Waals surface area contributed by atoms with Gasteiger partial charge in [-0.05, 0) is 24.3 Å². The minimum absolute atomic E-state index is 0.244. The number of nitrogens with one attached hydrogen (secondary N) is 1. The third-order valence-electron chi connectivity index (χ3n) is 3.38. The summed E-state index contributed by atoms with van der Waals surface area (Å²) in [6.07, 6.45) is 6.36. The number of aromatic nitrogens is 2. The molecule has 1 aliphatic carbocycles. The second kappa shape index (κ2) is 4.58. The number of hydrogen-bond acceptors (Lipinski definition) is 5. The monoisotopic (exact) mass is 248 g/mol. The lowest BCUT2D eigenvalue weighted by Crippen LogP contribution is -2.42.